The summed E-state index contributed by atoms with van der Waals surface area (Å²) < 4.78 is 12.2. The van der Waals surface area contributed by atoms with E-state index < -0.39 is 10.8 Å². The predicted molar refractivity (Wildman–Crippen MR) is 162 cm³/mol. The lowest BCUT2D eigenvalue weighted by Crippen LogP contribution is -2.49. The fourth-order valence-corrected chi connectivity index (χ4v) is 6.13. The molecule has 0 radical (unpaired) electrons. The third-order valence-corrected chi connectivity index (χ3v) is 8.58. The van der Waals surface area contributed by atoms with Crippen LogP contribution in [0.1, 0.15) is 34.3 Å². The number of allylic oxidation sites excluding steroid dienone is 3. The average molecular weight is 559 g/mol. The van der Waals surface area contributed by atoms with Crippen LogP contribution in [0.2, 0.25) is 0 Å². The Balaban J connectivity index is 1.41. The standard InChI is InChI=1S/C31H38N6O2S/c1-6-8-28(24(4)21-32)35-13-10-25(11-14-35)34-27-20-26(22(2)19-23(27)3)31(38)37-17-15-36(16-18-37)30-29(40(5)39)9-7-12-33-30/h6-9,12,19-20,25,34H,1,4,10-11,13-18H2,2-3,5H3/b28-8+/t40-/m0/s1. The molecule has 0 saturated carbocycles. The number of nitriles is 1. The Morgan fingerprint density at radius 2 is 1.82 bits per heavy atom. The van der Waals surface area contributed by atoms with Crippen molar-refractivity contribution in [3.05, 3.63) is 83.7 Å². The van der Waals surface area contributed by atoms with Crippen molar-refractivity contribution >= 4 is 28.2 Å². The molecule has 40 heavy (non-hydrogen) atoms. The summed E-state index contributed by atoms with van der Waals surface area (Å²) in [6, 6.07) is 10.2. The number of nitrogens with one attached hydrogen (secondary N) is 1. The smallest absolute Gasteiger partial charge is 0.254 e. The molecule has 2 fully saturated rings. The maximum absolute atomic E-state index is 13.6. The largest absolute Gasteiger partial charge is 0.382 e. The lowest BCUT2D eigenvalue weighted by molar-refractivity contribution is 0.0745. The van der Waals surface area contributed by atoms with Crippen molar-refractivity contribution in [1.29, 1.82) is 5.26 Å². The number of likely N-dealkylation sites (tertiary alicyclic amines) is 1. The Morgan fingerprint density at radius 3 is 2.45 bits per heavy atom. The van der Waals surface area contributed by atoms with Crippen molar-refractivity contribution in [2.24, 2.45) is 0 Å². The van der Waals surface area contributed by atoms with E-state index in [1.807, 2.05) is 30.0 Å². The van der Waals surface area contributed by atoms with Gasteiger partial charge >= 0.3 is 0 Å². The summed E-state index contributed by atoms with van der Waals surface area (Å²) in [5, 5.41) is 13.0. The van der Waals surface area contributed by atoms with E-state index in [1.54, 1.807) is 24.6 Å². The number of piperidine rings is 1. The SMILES string of the molecule is C=C/C=C(\C(=C)C#N)N1CCC(Nc2cc(C(=O)N3CCN(c4ncccc4[S@](C)=O)CC3)c(C)cc2C)CC1. The second kappa shape index (κ2) is 13.0. The van der Waals surface area contributed by atoms with E-state index in [9.17, 15) is 14.3 Å². The molecule has 1 atom stereocenters. The summed E-state index contributed by atoms with van der Waals surface area (Å²) in [6.07, 6.45) is 8.74. The summed E-state index contributed by atoms with van der Waals surface area (Å²) in [5.74, 6) is 0.771. The summed E-state index contributed by atoms with van der Waals surface area (Å²) in [6.45, 7) is 15.8. The van der Waals surface area contributed by atoms with Gasteiger partial charge in [0.15, 0.2) is 0 Å². The molecule has 2 saturated heterocycles. The molecule has 9 heteroatoms. The van der Waals surface area contributed by atoms with Crippen LogP contribution in [0.25, 0.3) is 0 Å². The van der Waals surface area contributed by atoms with E-state index in [4.69, 9.17) is 0 Å². The van der Waals surface area contributed by atoms with E-state index >= 15 is 0 Å². The van der Waals surface area contributed by atoms with Crippen LogP contribution in [0.3, 0.4) is 0 Å². The number of aryl methyl sites for hydroxylation is 2. The maximum Gasteiger partial charge on any atom is 0.254 e. The van der Waals surface area contributed by atoms with Gasteiger partial charge in [0.1, 0.15) is 11.9 Å². The van der Waals surface area contributed by atoms with Gasteiger partial charge in [0.2, 0.25) is 0 Å². The normalized spacial score (nSPS) is 17.2. The highest BCUT2D eigenvalue weighted by Gasteiger charge is 2.27. The highest BCUT2D eigenvalue weighted by Crippen LogP contribution is 2.28. The number of pyridine rings is 1. The molecule has 8 nitrogen and oxygen atoms in total. The van der Waals surface area contributed by atoms with Gasteiger partial charge in [0.05, 0.1) is 27.0 Å². The monoisotopic (exact) mass is 558 g/mol. The van der Waals surface area contributed by atoms with Crippen LogP contribution >= 0.6 is 0 Å². The lowest BCUT2D eigenvalue weighted by atomic mass is 9.99. The van der Waals surface area contributed by atoms with Crippen LogP contribution in [-0.4, -0.2) is 76.5 Å². The summed E-state index contributed by atoms with van der Waals surface area (Å²) >= 11 is 0. The molecule has 2 aliphatic heterocycles. The van der Waals surface area contributed by atoms with Crippen LogP contribution in [-0.2, 0) is 10.8 Å². The number of amides is 1. The van der Waals surface area contributed by atoms with Crippen molar-refractivity contribution in [2.75, 3.05) is 55.7 Å². The molecule has 2 aromatic rings. The molecule has 1 aromatic heterocycles. The minimum Gasteiger partial charge on any atom is -0.382 e. The first kappa shape index (κ1) is 29.1. The number of rotatable bonds is 8. The van der Waals surface area contributed by atoms with Crippen molar-refractivity contribution in [3.8, 4) is 6.07 Å². The molecule has 0 aliphatic carbocycles. The summed E-state index contributed by atoms with van der Waals surface area (Å²) in [5.41, 5.74) is 5.06. The Kier molecular flexibility index (Phi) is 9.43. The van der Waals surface area contributed by atoms with Crippen molar-refractivity contribution < 1.29 is 9.00 Å². The van der Waals surface area contributed by atoms with Crippen LogP contribution < -0.4 is 10.2 Å². The topological polar surface area (TPSA) is 92.6 Å². The van der Waals surface area contributed by atoms with Gasteiger partial charge in [-0.25, -0.2) is 4.98 Å². The first-order valence-corrected chi connectivity index (χ1v) is 15.2. The molecule has 0 spiro atoms. The Labute approximate surface area is 240 Å². The number of piperazine rings is 1. The maximum atomic E-state index is 13.6. The van der Waals surface area contributed by atoms with Crippen molar-refractivity contribution in [3.63, 3.8) is 0 Å². The zero-order valence-electron chi connectivity index (χ0n) is 23.7. The van der Waals surface area contributed by atoms with E-state index in [-0.39, 0.29) is 11.9 Å². The van der Waals surface area contributed by atoms with E-state index in [0.717, 1.165) is 59.2 Å². The second-order valence-corrected chi connectivity index (χ2v) is 11.7. The fourth-order valence-electron chi connectivity index (χ4n) is 5.42. The molecular weight excluding hydrogens is 520 g/mol. The van der Waals surface area contributed by atoms with Crippen LogP contribution in [0.15, 0.2) is 71.9 Å². The number of carbonyl (C=O) groups excluding carboxylic acids is 1. The minimum absolute atomic E-state index is 0.0320. The zero-order valence-corrected chi connectivity index (χ0v) is 24.5. The summed E-state index contributed by atoms with van der Waals surface area (Å²) in [7, 11) is -1.13. The van der Waals surface area contributed by atoms with Gasteiger partial charge in [-0.2, -0.15) is 5.26 Å². The van der Waals surface area contributed by atoms with E-state index in [2.05, 4.69) is 52.3 Å². The third kappa shape index (κ3) is 6.45. The first-order chi connectivity index (χ1) is 19.2. The molecule has 1 aromatic carbocycles. The van der Waals surface area contributed by atoms with E-state index in [0.29, 0.717) is 37.3 Å². The van der Waals surface area contributed by atoms with Gasteiger partial charge in [-0.15, -0.1) is 0 Å². The van der Waals surface area contributed by atoms with Gasteiger partial charge in [0.25, 0.3) is 5.91 Å². The Bertz CT molecular complexity index is 1380. The Morgan fingerprint density at radius 1 is 1.12 bits per heavy atom. The van der Waals surface area contributed by atoms with Gasteiger partial charge in [-0.1, -0.05) is 25.3 Å². The number of carbonyl (C=O) groups is 1. The highest BCUT2D eigenvalue weighted by atomic mass is 32.2. The molecule has 3 heterocycles. The third-order valence-electron chi connectivity index (χ3n) is 7.64. The summed E-state index contributed by atoms with van der Waals surface area (Å²) in [4.78, 5) is 25.0. The number of hydrogen-bond donors (Lipinski definition) is 1. The fraction of sp³-hybridized carbons (Fsp3) is 0.387. The van der Waals surface area contributed by atoms with Crippen molar-refractivity contribution in [2.45, 2.75) is 37.6 Å². The van der Waals surface area contributed by atoms with E-state index in [1.165, 1.54) is 0 Å². The minimum atomic E-state index is -1.13. The zero-order chi connectivity index (χ0) is 28.8. The number of anilines is 2. The number of nitrogens with zero attached hydrogens (tertiary/aromatic N) is 5. The molecule has 1 N–H and O–H groups in total. The molecule has 210 valence electrons. The number of aromatic nitrogens is 1. The van der Waals surface area contributed by atoms with Gasteiger partial charge in [-0.05, 0) is 62.1 Å². The van der Waals surface area contributed by atoms with Gasteiger partial charge in [-0.3, -0.25) is 9.00 Å². The second-order valence-electron chi connectivity index (χ2n) is 10.3. The van der Waals surface area contributed by atoms with Gasteiger partial charge in [0, 0.05) is 69.0 Å². The predicted octanol–water partition coefficient (Wildman–Crippen LogP) is 4.42. The number of benzene rings is 1. The number of hydrogen-bond acceptors (Lipinski definition) is 7. The first-order valence-electron chi connectivity index (χ1n) is 13.6. The quantitative estimate of drug-likeness (QED) is 0.379. The molecular formula is C31H38N6O2S. The molecule has 0 unspecified atom stereocenters. The van der Waals surface area contributed by atoms with Crippen LogP contribution in [0.4, 0.5) is 11.5 Å². The average Bonchev–Trinajstić information content (AvgIpc) is 2.97. The molecule has 1 amide bonds. The van der Waals surface area contributed by atoms with Crippen LogP contribution in [0.5, 0.6) is 0 Å². The van der Waals surface area contributed by atoms with Gasteiger partial charge < -0.3 is 20.0 Å². The van der Waals surface area contributed by atoms with Crippen LogP contribution in [0, 0.1) is 25.2 Å². The molecule has 4 rings (SSSR count). The Hall–Kier alpha value is -3.90. The molecule has 2 aliphatic rings. The highest BCUT2D eigenvalue weighted by molar-refractivity contribution is 7.84. The lowest BCUT2D eigenvalue weighted by Gasteiger charge is -2.37. The molecule has 0 bridgehead atoms. The van der Waals surface area contributed by atoms with Crippen molar-refractivity contribution in [1.82, 2.24) is 14.8 Å².